The van der Waals surface area contributed by atoms with E-state index in [-0.39, 0.29) is 11.5 Å². The lowest BCUT2D eigenvalue weighted by atomic mass is 9.82. The smallest absolute Gasteiger partial charge is 0.246 e. The van der Waals surface area contributed by atoms with Crippen molar-refractivity contribution < 1.29 is 9.53 Å². The number of rotatable bonds is 3. The van der Waals surface area contributed by atoms with E-state index in [1.807, 2.05) is 69.0 Å². The molecule has 0 atom stereocenters. The van der Waals surface area contributed by atoms with Crippen LogP contribution in [-0.2, 0) is 9.53 Å². The molecule has 160 valence electrons. The zero-order chi connectivity index (χ0) is 21.7. The number of allylic oxidation sites excluding steroid dienone is 2. The Morgan fingerprint density at radius 2 is 1.72 bits per heavy atom. The van der Waals surface area contributed by atoms with Gasteiger partial charge >= 0.3 is 0 Å². The molecule has 3 rings (SSSR count). The van der Waals surface area contributed by atoms with Crippen LogP contribution in [0.3, 0.4) is 0 Å². The number of likely N-dealkylation sites (tertiary alicyclic amines) is 1. The van der Waals surface area contributed by atoms with Crippen LogP contribution in [0.1, 0.15) is 66.4 Å². The summed E-state index contributed by atoms with van der Waals surface area (Å²) in [5.41, 5.74) is 3.53. The summed E-state index contributed by atoms with van der Waals surface area (Å²) in [6, 6.07) is 9.94. The Kier molecular flexibility index (Phi) is 11.3. The minimum Gasteiger partial charge on any atom is -0.365 e. The molecule has 3 heteroatoms. The summed E-state index contributed by atoms with van der Waals surface area (Å²) in [4.78, 5) is 14.4. The maximum Gasteiger partial charge on any atom is 0.246 e. The third-order valence-corrected chi connectivity index (χ3v) is 5.18. The fraction of sp³-hybridized carbons (Fsp3) is 0.500. The van der Waals surface area contributed by atoms with E-state index in [4.69, 9.17) is 4.74 Å². The molecule has 0 bridgehead atoms. The van der Waals surface area contributed by atoms with Gasteiger partial charge in [-0.1, -0.05) is 77.1 Å². The molecule has 0 aromatic heterocycles. The highest BCUT2D eigenvalue weighted by Crippen LogP contribution is 2.43. The Hall–Kier alpha value is -2.13. The van der Waals surface area contributed by atoms with Crippen LogP contribution in [0, 0.1) is 0 Å². The van der Waals surface area contributed by atoms with E-state index in [9.17, 15) is 4.79 Å². The van der Waals surface area contributed by atoms with Crippen LogP contribution in [0.25, 0.3) is 6.08 Å². The molecule has 1 spiro atoms. The number of amides is 1. The van der Waals surface area contributed by atoms with E-state index in [1.54, 1.807) is 6.08 Å². The number of carbonyl (C=O) groups is 1. The first-order valence-electron chi connectivity index (χ1n) is 11.2. The fourth-order valence-electron chi connectivity index (χ4n) is 3.87. The quantitative estimate of drug-likeness (QED) is 0.550. The van der Waals surface area contributed by atoms with Crippen molar-refractivity contribution in [1.82, 2.24) is 4.90 Å². The molecule has 2 fully saturated rings. The average molecular weight is 398 g/mol. The standard InChI is InChI=1S/C22H27NO2.2C2H6/c1-3-8-19-17-25-22(20(19)4-2)13-15-23(16-14-22)21(24)12-11-18-9-6-5-7-10-18;2*1-2/h4-12H,3,13-17H2,1-2H3;2*1-2H3/b12-11+,19-8-,20-4+;;. The summed E-state index contributed by atoms with van der Waals surface area (Å²) < 4.78 is 6.21. The molecule has 1 aromatic rings. The van der Waals surface area contributed by atoms with Gasteiger partial charge in [0.05, 0.1) is 12.2 Å². The molecule has 2 saturated heterocycles. The number of ether oxygens (including phenoxy) is 1. The van der Waals surface area contributed by atoms with Crippen molar-refractivity contribution >= 4 is 12.0 Å². The third-order valence-electron chi connectivity index (χ3n) is 5.18. The van der Waals surface area contributed by atoms with E-state index >= 15 is 0 Å². The molecular weight excluding hydrogens is 358 g/mol. The number of benzene rings is 1. The van der Waals surface area contributed by atoms with Crippen molar-refractivity contribution in [2.75, 3.05) is 19.7 Å². The maximum atomic E-state index is 12.5. The molecular formula is C26H39NO2. The zero-order valence-corrected chi connectivity index (χ0v) is 19.2. The minimum atomic E-state index is -0.185. The molecule has 0 aliphatic carbocycles. The van der Waals surface area contributed by atoms with Crippen molar-refractivity contribution in [1.29, 1.82) is 0 Å². The lowest BCUT2D eigenvalue weighted by Crippen LogP contribution is -2.46. The minimum absolute atomic E-state index is 0.0862. The summed E-state index contributed by atoms with van der Waals surface area (Å²) in [7, 11) is 0. The Labute approximate surface area is 178 Å². The molecule has 0 unspecified atom stereocenters. The second kappa shape index (κ2) is 13.2. The summed E-state index contributed by atoms with van der Waals surface area (Å²) in [5, 5.41) is 0. The predicted octanol–water partition coefficient (Wildman–Crippen LogP) is 6.43. The number of hydrogen-bond acceptors (Lipinski definition) is 2. The molecule has 0 saturated carbocycles. The molecule has 2 aliphatic rings. The molecule has 0 N–H and O–H groups in total. The summed E-state index contributed by atoms with van der Waals surface area (Å²) >= 11 is 0. The topological polar surface area (TPSA) is 29.5 Å². The van der Waals surface area contributed by atoms with Crippen LogP contribution in [-0.4, -0.2) is 36.1 Å². The third kappa shape index (κ3) is 6.43. The van der Waals surface area contributed by atoms with Gasteiger partial charge < -0.3 is 9.64 Å². The van der Waals surface area contributed by atoms with Crippen molar-refractivity contribution in [3.8, 4) is 0 Å². The second-order valence-electron chi connectivity index (χ2n) is 6.69. The van der Waals surface area contributed by atoms with Crippen LogP contribution in [0.2, 0.25) is 0 Å². The molecule has 2 aliphatic heterocycles. The molecule has 3 nitrogen and oxygen atoms in total. The van der Waals surface area contributed by atoms with Crippen molar-refractivity contribution in [3.05, 3.63) is 65.3 Å². The largest absolute Gasteiger partial charge is 0.365 e. The summed E-state index contributed by atoms with van der Waals surface area (Å²) in [6.07, 6.45) is 10.8. The van der Waals surface area contributed by atoms with Gasteiger partial charge in [0, 0.05) is 19.2 Å². The van der Waals surface area contributed by atoms with Gasteiger partial charge in [-0.3, -0.25) is 4.79 Å². The first-order valence-corrected chi connectivity index (χ1v) is 11.2. The molecule has 1 aromatic carbocycles. The first kappa shape index (κ1) is 24.9. The van der Waals surface area contributed by atoms with E-state index in [0.29, 0.717) is 6.61 Å². The second-order valence-corrected chi connectivity index (χ2v) is 6.69. The van der Waals surface area contributed by atoms with Gasteiger partial charge in [0.1, 0.15) is 0 Å². The molecule has 0 radical (unpaired) electrons. The SMILES string of the molecule is C/C=C1\C(=C/CC)COC12CCN(C(=O)/C=C/c1ccccc1)CC2.CC.CC. The van der Waals surface area contributed by atoms with Crippen LogP contribution >= 0.6 is 0 Å². The molecule has 1 amide bonds. The highest BCUT2D eigenvalue weighted by atomic mass is 16.5. The molecule has 2 heterocycles. The van der Waals surface area contributed by atoms with Crippen molar-refractivity contribution in [2.45, 2.75) is 66.4 Å². The summed E-state index contributed by atoms with van der Waals surface area (Å²) in [6.45, 7) is 14.4. The number of piperidine rings is 1. The highest BCUT2D eigenvalue weighted by molar-refractivity contribution is 5.91. The van der Waals surface area contributed by atoms with Crippen LogP contribution in [0.5, 0.6) is 0 Å². The normalized spacial score (nSPS) is 20.4. The van der Waals surface area contributed by atoms with Gasteiger partial charge in [-0.25, -0.2) is 0 Å². The fourth-order valence-corrected chi connectivity index (χ4v) is 3.87. The van der Waals surface area contributed by atoms with Crippen molar-refractivity contribution in [2.24, 2.45) is 0 Å². The highest BCUT2D eigenvalue weighted by Gasteiger charge is 2.44. The Balaban J connectivity index is 0.000000989. The number of nitrogens with zero attached hydrogens (tertiary/aromatic N) is 1. The van der Waals surface area contributed by atoms with E-state index in [1.165, 1.54) is 11.1 Å². The lowest BCUT2D eigenvalue weighted by molar-refractivity contribution is -0.129. The summed E-state index contributed by atoms with van der Waals surface area (Å²) in [5.74, 6) is 0.0862. The van der Waals surface area contributed by atoms with Gasteiger partial charge in [-0.2, -0.15) is 0 Å². The average Bonchev–Trinajstić information content (AvgIpc) is 3.12. The van der Waals surface area contributed by atoms with Crippen LogP contribution in [0.15, 0.2) is 59.7 Å². The monoisotopic (exact) mass is 397 g/mol. The van der Waals surface area contributed by atoms with Gasteiger partial charge in [0.25, 0.3) is 0 Å². The first-order chi connectivity index (χ1) is 14.2. The van der Waals surface area contributed by atoms with Crippen molar-refractivity contribution in [3.63, 3.8) is 0 Å². The van der Waals surface area contributed by atoms with Gasteiger partial charge in [0.2, 0.25) is 5.91 Å². The Morgan fingerprint density at radius 1 is 1.10 bits per heavy atom. The van der Waals surface area contributed by atoms with Gasteiger partial charge in [-0.05, 0) is 49.0 Å². The lowest BCUT2D eigenvalue weighted by Gasteiger charge is -2.39. The maximum absolute atomic E-state index is 12.5. The van der Waals surface area contributed by atoms with Gasteiger partial charge in [0.15, 0.2) is 0 Å². The molecule has 29 heavy (non-hydrogen) atoms. The van der Waals surface area contributed by atoms with E-state index < -0.39 is 0 Å². The van der Waals surface area contributed by atoms with E-state index in [2.05, 4.69) is 26.0 Å². The van der Waals surface area contributed by atoms with Crippen LogP contribution < -0.4 is 0 Å². The Bertz CT molecular complexity index is 693. The Morgan fingerprint density at radius 3 is 2.28 bits per heavy atom. The number of carbonyl (C=O) groups excluding carboxylic acids is 1. The zero-order valence-electron chi connectivity index (χ0n) is 19.2. The van der Waals surface area contributed by atoms with Crippen LogP contribution in [0.4, 0.5) is 0 Å². The predicted molar refractivity (Wildman–Crippen MR) is 125 cm³/mol. The number of hydrogen-bond donors (Lipinski definition) is 0. The van der Waals surface area contributed by atoms with Gasteiger partial charge in [-0.15, -0.1) is 0 Å². The van der Waals surface area contributed by atoms with E-state index in [0.717, 1.165) is 37.9 Å².